The molecule has 2 N–H and O–H groups in total. The molecule has 1 heterocycles. The number of rotatable bonds is 14. The van der Waals surface area contributed by atoms with Gasteiger partial charge in [-0.3, -0.25) is 4.90 Å². The van der Waals surface area contributed by atoms with Gasteiger partial charge >= 0.3 is 12.2 Å². The fourth-order valence-electron chi connectivity index (χ4n) is 5.08. The summed E-state index contributed by atoms with van der Waals surface area (Å²) in [6.45, 7) is 8.24. The van der Waals surface area contributed by atoms with Crippen molar-refractivity contribution in [2.75, 3.05) is 40.8 Å². The highest BCUT2D eigenvalue weighted by molar-refractivity contribution is 8.03. The van der Waals surface area contributed by atoms with E-state index in [1.165, 1.54) is 20.3 Å². The number of alkyl halides is 3. The number of hydrogen-bond acceptors (Lipinski definition) is 10. The Bertz CT molecular complexity index is 1340. The molecule has 2 aromatic rings. The summed E-state index contributed by atoms with van der Waals surface area (Å²) in [5.74, 6) is 0.824. The molecule has 0 saturated heterocycles. The molecule has 1 aliphatic carbocycles. The number of aliphatic hydroxyl groups excluding tert-OH is 1. The van der Waals surface area contributed by atoms with Crippen molar-refractivity contribution in [3.05, 3.63) is 59.0 Å². The van der Waals surface area contributed by atoms with Crippen molar-refractivity contribution in [3.63, 3.8) is 0 Å². The summed E-state index contributed by atoms with van der Waals surface area (Å²) in [6.07, 6.45) is -2.48. The molecule has 0 aliphatic heterocycles. The first-order valence-corrected chi connectivity index (χ1v) is 15.2. The van der Waals surface area contributed by atoms with Crippen LogP contribution in [0.25, 0.3) is 11.3 Å². The number of amidine groups is 1. The van der Waals surface area contributed by atoms with Gasteiger partial charge in [-0.25, -0.2) is 9.98 Å². The maximum atomic E-state index is 13.2. The van der Waals surface area contributed by atoms with E-state index in [1.54, 1.807) is 13.2 Å². The van der Waals surface area contributed by atoms with Crippen LogP contribution in [0, 0.1) is 0 Å². The van der Waals surface area contributed by atoms with Crippen LogP contribution in [0.3, 0.4) is 0 Å². The fourth-order valence-corrected chi connectivity index (χ4v) is 5.94. The fraction of sp³-hybridized carbons (Fsp3) is 0.484. The molecule has 3 atom stereocenters. The normalized spacial score (nSPS) is 19.4. The summed E-state index contributed by atoms with van der Waals surface area (Å²) >= 11 is 0.938. The smallest absolute Gasteiger partial charge is 0.393 e. The zero-order chi connectivity index (χ0) is 33.0. The van der Waals surface area contributed by atoms with E-state index in [2.05, 4.69) is 38.8 Å². The highest BCUT2D eigenvalue weighted by Crippen LogP contribution is 2.33. The average Bonchev–Trinajstić information content (AvgIpc) is 3.01. The van der Waals surface area contributed by atoms with E-state index in [-0.39, 0.29) is 28.9 Å². The van der Waals surface area contributed by atoms with Crippen LogP contribution in [-0.4, -0.2) is 98.1 Å². The Morgan fingerprint density at radius 2 is 1.91 bits per heavy atom. The molecule has 1 fully saturated rings. The number of aliphatic imine (C=N–C) groups is 2. The largest absolute Gasteiger partial charge is 0.491 e. The molecule has 3 rings (SSSR count). The van der Waals surface area contributed by atoms with Crippen LogP contribution in [-0.2, 0) is 11.3 Å². The zero-order valence-electron chi connectivity index (χ0n) is 26.0. The minimum atomic E-state index is -4.38. The van der Waals surface area contributed by atoms with Gasteiger partial charge in [0.25, 0.3) is 5.88 Å². The third-order valence-corrected chi connectivity index (χ3v) is 8.18. The molecular weight excluding hydrogens is 609 g/mol. The molecule has 10 nitrogen and oxygen atoms in total. The topological polar surface area (TPSA) is 114 Å². The van der Waals surface area contributed by atoms with Crippen molar-refractivity contribution in [1.29, 1.82) is 0 Å². The summed E-state index contributed by atoms with van der Waals surface area (Å²) in [6, 6.07) is 9.74. The molecule has 3 unspecified atom stereocenters. The van der Waals surface area contributed by atoms with Crippen LogP contribution < -0.4 is 14.8 Å². The highest BCUT2D eigenvalue weighted by Gasteiger charge is 2.32. The number of likely N-dealkylation sites (N-methyl/N-ethyl adjacent to an activating group) is 1. The number of allylic oxidation sites excluding steroid dienone is 1. The molecule has 0 radical (unpaired) electrons. The predicted molar refractivity (Wildman–Crippen MR) is 172 cm³/mol. The second kappa shape index (κ2) is 17.3. The van der Waals surface area contributed by atoms with Crippen molar-refractivity contribution in [3.8, 4) is 22.9 Å². The number of aliphatic hydroxyl groups is 1. The van der Waals surface area contributed by atoms with E-state index in [0.717, 1.165) is 35.7 Å². The van der Waals surface area contributed by atoms with Crippen molar-refractivity contribution in [2.45, 2.75) is 56.6 Å². The number of halogens is 3. The van der Waals surface area contributed by atoms with E-state index >= 15 is 0 Å². The minimum Gasteiger partial charge on any atom is -0.491 e. The Morgan fingerprint density at radius 3 is 2.51 bits per heavy atom. The lowest BCUT2D eigenvalue weighted by Crippen LogP contribution is -2.49. The third kappa shape index (κ3) is 11.4. The van der Waals surface area contributed by atoms with Gasteiger partial charge in [-0.15, -0.1) is 22.0 Å². The molecule has 246 valence electrons. The number of hydrogen-bond donors (Lipinski definition) is 2. The Kier molecular flexibility index (Phi) is 13.8. The van der Waals surface area contributed by atoms with Crippen LogP contribution >= 0.6 is 11.8 Å². The lowest BCUT2D eigenvalue weighted by molar-refractivity contribution is -0.125. The van der Waals surface area contributed by atoms with Gasteiger partial charge in [0, 0.05) is 36.8 Å². The van der Waals surface area contributed by atoms with Crippen LogP contribution in [0.1, 0.15) is 31.2 Å². The maximum absolute atomic E-state index is 13.2. The monoisotopic (exact) mass is 650 g/mol. The summed E-state index contributed by atoms with van der Waals surface area (Å²) in [5, 5.41) is 22.8. The number of thioether (sulfide) groups is 1. The summed E-state index contributed by atoms with van der Waals surface area (Å²) in [5.41, 5.74) is 3.16. The first-order chi connectivity index (χ1) is 21.5. The van der Waals surface area contributed by atoms with Crippen molar-refractivity contribution < 1.29 is 32.5 Å². The molecule has 1 aromatic carbocycles. The van der Waals surface area contributed by atoms with Gasteiger partial charge in [-0.05, 0) is 55.1 Å². The summed E-state index contributed by atoms with van der Waals surface area (Å²) < 4.78 is 54.9. The number of nitrogens with one attached hydrogen (secondary N) is 1. The van der Waals surface area contributed by atoms with Crippen LogP contribution in [0.4, 0.5) is 13.2 Å². The second-order valence-corrected chi connectivity index (χ2v) is 11.7. The molecule has 45 heavy (non-hydrogen) atoms. The van der Waals surface area contributed by atoms with E-state index in [9.17, 15) is 18.3 Å². The number of methoxy groups -OCH3 is 3. The van der Waals surface area contributed by atoms with Gasteiger partial charge < -0.3 is 24.6 Å². The quantitative estimate of drug-likeness (QED) is 0.161. The van der Waals surface area contributed by atoms with E-state index in [1.807, 2.05) is 36.2 Å². The van der Waals surface area contributed by atoms with Crippen molar-refractivity contribution >= 4 is 24.5 Å². The highest BCUT2D eigenvalue weighted by atomic mass is 32.2. The Balaban J connectivity index is 1.51. The second-order valence-electron chi connectivity index (χ2n) is 10.6. The molecule has 0 amide bonds. The zero-order valence-corrected chi connectivity index (χ0v) is 26.8. The first-order valence-electron chi connectivity index (χ1n) is 14.3. The van der Waals surface area contributed by atoms with Crippen LogP contribution in [0.5, 0.6) is 11.6 Å². The summed E-state index contributed by atoms with van der Waals surface area (Å²) in [7, 11) is 6.27. The number of benzene rings is 1. The van der Waals surface area contributed by atoms with Crippen molar-refractivity contribution in [1.82, 2.24) is 20.4 Å². The van der Waals surface area contributed by atoms with Crippen molar-refractivity contribution in [2.24, 2.45) is 9.98 Å². The number of ether oxygens (including phenoxy) is 3. The van der Waals surface area contributed by atoms with Gasteiger partial charge in [0.2, 0.25) is 0 Å². The lowest BCUT2D eigenvalue weighted by atomic mass is 9.87. The van der Waals surface area contributed by atoms with E-state index in [0.29, 0.717) is 42.4 Å². The number of nitrogens with zero attached hydrogens (tertiary/aromatic N) is 5. The standard InChI is InChI=1S/C31H41F3N6O4S/c1-20(13-24(16-31(32,33)34)45-19-37-30(35-2)44-6)18-40(3)26-12-11-23(14-27(26)41)36-17-21-7-9-22(10-8-21)25-15-28(42-4)29(43-5)39-38-25/h7-10,13,15,23,26-27,36,41H,1-2,11-12,14,16-19H2,3-6H3/b24-13-,37-30+. The molecular formula is C31H41F3N6O4S. The van der Waals surface area contributed by atoms with Crippen LogP contribution in [0.2, 0.25) is 0 Å². The third-order valence-electron chi connectivity index (χ3n) is 7.29. The maximum Gasteiger partial charge on any atom is 0.393 e. The molecule has 0 spiro atoms. The lowest BCUT2D eigenvalue weighted by Gasteiger charge is -2.39. The van der Waals surface area contributed by atoms with Gasteiger partial charge in [0.15, 0.2) is 5.75 Å². The molecule has 14 heteroatoms. The minimum absolute atomic E-state index is 0.000315. The molecule has 1 saturated carbocycles. The first kappa shape index (κ1) is 36.0. The predicted octanol–water partition coefficient (Wildman–Crippen LogP) is 5.25. The van der Waals surface area contributed by atoms with E-state index < -0.39 is 18.7 Å². The van der Waals surface area contributed by atoms with E-state index in [4.69, 9.17) is 14.2 Å². The van der Waals surface area contributed by atoms with Gasteiger partial charge in [-0.1, -0.05) is 30.8 Å². The SMILES string of the molecule is C=N/C(=N\CS/C(=C\C(=C)CN(C)C1CCC(NCc2ccc(-c3cc(OC)c(OC)nn3)cc2)CC1O)CC(F)(F)F)OC. The van der Waals surface area contributed by atoms with Crippen LogP contribution in [0.15, 0.2) is 63.4 Å². The van der Waals surface area contributed by atoms with Gasteiger partial charge in [0.1, 0.15) is 0 Å². The number of aromatic nitrogens is 2. The molecule has 0 bridgehead atoms. The Hall–Kier alpha value is -3.46. The average molecular weight is 651 g/mol. The van der Waals surface area contributed by atoms with Gasteiger partial charge in [0.05, 0.1) is 45.4 Å². The Morgan fingerprint density at radius 1 is 1.18 bits per heavy atom. The molecule has 1 aromatic heterocycles. The summed E-state index contributed by atoms with van der Waals surface area (Å²) in [4.78, 5) is 9.57. The van der Waals surface area contributed by atoms with Gasteiger partial charge in [-0.2, -0.15) is 13.2 Å². The Labute approximate surface area is 266 Å². The molecule has 1 aliphatic rings.